The topological polar surface area (TPSA) is 73.6 Å². The number of rotatable bonds is 8. The summed E-state index contributed by atoms with van der Waals surface area (Å²) in [6.07, 6.45) is 0. The number of methoxy groups -OCH3 is 1. The van der Waals surface area contributed by atoms with Gasteiger partial charge in [-0.05, 0) is 46.1 Å². The number of nitrogens with zero attached hydrogens (tertiary/aromatic N) is 1. The lowest BCUT2D eigenvalue weighted by molar-refractivity contribution is -0.384. The molecular formula is C17H19BrN2O4. The zero-order valence-electron chi connectivity index (χ0n) is 13.5. The van der Waals surface area contributed by atoms with Gasteiger partial charge >= 0.3 is 0 Å². The van der Waals surface area contributed by atoms with Crippen molar-refractivity contribution in [3.05, 3.63) is 62.1 Å². The maximum atomic E-state index is 10.6. The van der Waals surface area contributed by atoms with E-state index in [9.17, 15) is 10.1 Å². The Labute approximate surface area is 149 Å². The van der Waals surface area contributed by atoms with Crippen LogP contribution >= 0.6 is 15.9 Å². The molecule has 0 heterocycles. The first-order valence-corrected chi connectivity index (χ1v) is 8.27. The van der Waals surface area contributed by atoms with Crippen molar-refractivity contribution in [2.24, 2.45) is 0 Å². The van der Waals surface area contributed by atoms with E-state index in [0.717, 1.165) is 15.6 Å². The van der Waals surface area contributed by atoms with Crippen molar-refractivity contribution in [3.63, 3.8) is 0 Å². The van der Waals surface area contributed by atoms with Crippen molar-refractivity contribution in [2.45, 2.75) is 20.0 Å². The first-order chi connectivity index (χ1) is 11.5. The van der Waals surface area contributed by atoms with Gasteiger partial charge in [-0.2, -0.15) is 0 Å². The zero-order valence-corrected chi connectivity index (χ0v) is 15.1. The molecule has 7 heteroatoms. The van der Waals surface area contributed by atoms with E-state index >= 15 is 0 Å². The normalized spacial score (nSPS) is 10.5. The number of ether oxygens (including phenoxy) is 2. The van der Waals surface area contributed by atoms with E-state index < -0.39 is 4.92 Å². The molecule has 1 N–H and O–H groups in total. The van der Waals surface area contributed by atoms with E-state index in [2.05, 4.69) is 21.2 Å². The molecule has 0 saturated carbocycles. The minimum Gasteiger partial charge on any atom is -0.493 e. The van der Waals surface area contributed by atoms with Gasteiger partial charge in [0.25, 0.3) is 5.69 Å². The Hall–Kier alpha value is -2.12. The standard InChI is InChI=1S/C17H19BrN2O4/c1-3-24-17-15(18)8-13(9-16(17)23-2)11-19-10-12-4-6-14(7-5-12)20(21)22/h4-9,19H,3,10-11H2,1-2H3. The first-order valence-electron chi connectivity index (χ1n) is 7.48. The summed E-state index contributed by atoms with van der Waals surface area (Å²) in [6.45, 7) is 3.74. The van der Waals surface area contributed by atoms with Crippen LogP contribution < -0.4 is 14.8 Å². The van der Waals surface area contributed by atoms with Gasteiger partial charge in [-0.1, -0.05) is 12.1 Å². The molecule has 0 spiro atoms. The highest BCUT2D eigenvalue weighted by atomic mass is 79.9. The second-order valence-electron chi connectivity index (χ2n) is 5.07. The third-order valence-electron chi connectivity index (χ3n) is 3.38. The summed E-state index contributed by atoms with van der Waals surface area (Å²) in [7, 11) is 1.61. The van der Waals surface area contributed by atoms with Crippen LogP contribution in [0.5, 0.6) is 11.5 Å². The highest BCUT2D eigenvalue weighted by Crippen LogP contribution is 2.36. The molecule has 24 heavy (non-hydrogen) atoms. The summed E-state index contributed by atoms with van der Waals surface area (Å²) in [5.74, 6) is 1.37. The summed E-state index contributed by atoms with van der Waals surface area (Å²) in [6, 6.07) is 10.4. The Balaban J connectivity index is 1.99. The Kier molecular flexibility index (Phi) is 6.57. The van der Waals surface area contributed by atoms with Gasteiger partial charge in [0.05, 0.1) is 23.1 Å². The molecule has 128 valence electrons. The predicted molar refractivity (Wildman–Crippen MR) is 95.5 cm³/mol. The number of nitro benzene ring substituents is 1. The molecular weight excluding hydrogens is 376 g/mol. The molecule has 0 aromatic heterocycles. The maximum Gasteiger partial charge on any atom is 0.269 e. The van der Waals surface area contributed by atoms with Crippen LogP contribution in [0.25, 0.3) is 0 Å². The number of hydrogen-bond donors (Lipinski definition) is 1. The number of nitrogens with one attached hydrogen (secondary N) is 1. The monoisotopic (exact) mass is 394 g/mol. The molecule has 0 radical (unpaired) electrons. The van der Waals surface area contributed by atoms with E-state index in [1.807, 2.05) is 19.1 Å². The fourth-order valence-corrected chi connectivity index (χ4v) is 2.85. The summed E-state index contributed by atoms with van der Waals surface area (Å²) < 4.78 is 11.8. The third kappa shape index (κ3) is 4.69. The highest BCUT2D eigenvalue weighted by molar-refractivity contribution is 9.10. The molecule has 0 aliphatic heterocycles. The van der Waals surface area contributed by atoms with Crippen LogP contribution in [0, 0.1) is 10.1 Å². The Morgan fingerprint density at radius 3 is 2.42 bits per heavy atom. The molecule has 0 atom stereocenters. The number of non-ortho nitro benzene ring substituents is 1. The summed E-state index contributed by atoms with van der Waals surface area (Å²) in [4.78, 5) is 10.2. The molecule has 0 fully saturated rings. The average molecular weight is 395 g/mol. The van der Waals surface area contributed by atoms with E-state index in [-0.39, 0.29) is 5.69 Å². The van der Waals surface area contributed by atoms with E-state index in [1.165, 1.54) is 12.1 Å². The minimum absolute atomic E-state index is 0.0962. The Bertz CT molecular complexity index is 704. The highest BCUT2D eigenvalue weighted by Gasteiger charge is 2.11. The lowest BCUT2D eigenvalue weighted by atomic mass is 10.1. The molecule has 6 nitrogen and oxygen atoms in total. The SMILES string of the molecule is CCOc1c(Br)cc(CNCc2ccc([N+](=O)[O-])cc2)cc1OC. The summed E-state index contributed by atoms with van der Waals surface area (Å²) in [5, 5.41) is 14.0. The van der Waals surface area contributed by atoms with Gasteiger partial charge < -0.3 is 14.8 Å². The minimum atomic E-state index is -0.402. The molecule has 2 aromatic rings. The third-order valence-corrected chi connectivity index (χ3v) is 3.97. The largest absolute Gasteiger partial charge is 0.493 e. The van der Waals surface area contributed by atoms with Crippen molar-refractivity contribution in [2.75, 3.05) is 13.7 Å². The number of hydrogen-bond acceptors (Lipinski definition) is 5. The number of halogens is 1. The van der Waals surface area contributed by atoms with Gasteiger partial charge in [0.2, 0.25) is 0 Å². The zero-order chi connectivity index (χ0) is 17.5. The van der Waals surface area contributed by atoms with Crippen LogP contribution in [0.3, 0.4) is 0 Å². The van der Waals surface area contributed by atoms with Gasteiger partial charge in [-0.3, -0.25) is 10.1 Å². The molecule has 0 amide bonds. The van der Waals surface area contributed by atoms with Crippen molar-refractivity contribution in [1.82, 2.24) is 5.32 Å². The molecule has 2 rings (SSSR count). The van der Waals surface area contributed by atoms with Gasteiger partial charge in [-0.25, -0.2) is 0 Å². The van der Waals surface area contributed by atoms with Gasteiger partial charge in [0.15, 0.2) is 11.5 Å². The fourth-order valence-electron chi connectivity index (χ4n) is 2.25. The maximum absolute atomic E-state index is 10.6. The van der Waals surface area contributed by atoms with Gasteiger partial charge in [-0.15, -0.1) is 0 Å². The van der Waals surface area contributed by atoms with E-state index in [1.54, 1.807) is 19.2 Å². The Morgan fingerprint density at radius 2 is 1.83 bits per heavy atom. The smallest absolute Gasteiger partial charge is 0.269 e. The first kappa shape index (κ1) is 18.2. The van der Waals surface area contributed by atoms with Crippen molar-refractivity contribution in [1.29, 1.82) is 0 Å². The second kappa shape index (κ2) is 8.65. The summed E-state index contributed by atoms with van der Waals surface area (Å²) >= 11 is 3.50. The van der Waals surface area contributed by atoms with Crippen LogP contribution in [-0.4, -0.2) is 18.6 Å². The van der Waals surface area contributed by atoms with Gasteiger partial charge in [0.1, 0.15) is 0 Å². The van der Waals surface area contributed by atoms with Crippen LogP contribution in [0.15, 0.2) is 40.9 Å². The van der Waals surface area contributed by atoms with E-state index in [4.69, 9.17) is 9.47 Å². The van der Waals surface area contributed by atoms with Crippen molar-refractivity contribution >= 4 is 21.6 Å². The Morgan fingerprint density at radius 1 is 1.17 bits per heavy atom. The molecule has 0 saturated heterocycles. The quantitative estimate of drug-likeness (QED) is 0.539. The predicted octanol–water partition coefficient (Wildman–Crippen LogP) is 4.05. The number of nitro groups is 1. The lowest BCUT2D eigenvalue weighted by Crippen LogP contribution is -2.13. The molecule has 0 bridgehead atoms. The fraction of sp³-hybridized carbons (Fsp3) is 0.294. The average Bonchev–Trinajstić information content (AvgIpc) is 2.57. The second-order valence-corrected chi connectivity index (χ2v) is 5.92. The van der Waals surface area contributed by atoms with Crippen LogP contribution in [0.1, 0.15) is 18.1 Å². The van der Waals surface area contributed by atoms with Crippen molar-refractivity contribution < 1.29 is 14.4 Å². The molecule has 0 unspecified atom stereocenters. The molecule has 2 aromatic carbocycles. The number of benzene rings is 2. The van der Waals surface area contributed by atoms with Crippen molar-refractivity contribution in [3.8, 4) is 11.5 Å². The van der Waals surface area contributed by atoms with E-state index in [0.29, 0.717) is 31.2 Å². The molecule has 0 aliphatic carbocycles. The summed E-state index contributed by atoms with van der Waals surface area (Å²) in [5.41, 5.74) is 2.13. The van der Waals surface area contributed by atoms with Crippen LogP contribution in [0.2, 0.25) is 0 Å². The lowest BCUT2D eigenvalue weighted by Gasteiger charge is -2.14. The van der Waals surface area contributed by atoms with Crippen LogP contribution in [0.4, 0.5) is 5.69 Å². The molecule has 0 aliphatic rings. The van der Waals surface area contributed by atoms with Crippen LogP contribution in [-0.2, 0) is 13.1 Å². The van der Waals surface area contributed by atoms with Gasteiger partial charge in [0, 0.05) is 25.2 Å².